The van der Waals surface area contributed by atoms with Gasteiger partial charge in [0, 0.05) is 19.4 Å². The predicted molar refractivity (Wildman–Crippen MR) is 201 cm³/mol. The van der Waals surface area contributed by atoms with Gasteiger partial charge in [0.05, 0.1) is 13.2 Å². The van der Waals surface area contributed by atoms with Gasteiger partial charge in [-0.2, -0.15) is 0 Å². The summed E-state index contributed by atoms with van der Waals surface area (Å²) in [6.45, 7) is 3.55. The SMILES string of the molecule is CC/C=C/C=C/C=C/C=C/CCCCCCCC(=O)OC[C@H](COP(=O)(O)OCCN)OC(=O)CCCCCCCCCCCCCCC. The second-order valence-electron chi connectivity index (χ2n) is 12.5. The summed E-state index contributed by atoms with van der Waals surface area (Å²) in [5, 5.41) is 0. The minimum absolute atomic E-state index is 0.0489. The van der Waals surface area contributed by atoms with E-state index in [1.54, 1.807) is 0 Å². The molecule has 2 atom stereocenters. The summed E-state index contributed by atoms with van der Waals surface area (Å²) in [5.41, 5.74) is 5.33. The summed E-state index contributed by atoms with van der Waals surface area (Å²) >= 11 is 0. The Morgan fingerprint density at radius 2 is 1.12 bits per heavy atom. The molecular weight excluding hydrogens is 641 g/mol. The van der Waals surface area contributed by atoms with Gasteiger partial charge in [-0.25, -0.2) is 4.57 Å². The molecule has 0 aromatic rings. The molecule has 0 bridgehead atoms. The Bertz CT molecular complexity index is 949. The van der Waals surface area contributed by atoms with Crippen LogP contribution >= 0.6 is 7.82 Å². The van der Waals surface area contributed by atoms with Gasteiger partial charge in [-0.15, -0.1) is 0 Å². The molecule has 49 heavy (non-hydrogen) atoms. The third kappa shape index (κ3) is 35.6. The van der Waals surface area contributed by atoms with Gasteiger partial charge in [0.25, 0.3) is 0 Å². The average Bonchev–Trinajstić information content (AvgIpc) is 3.08. The molecule has 0 radical (unpaired) electrons. The monoisotopic (exact) mass is 711 g/mol. The third-order valence-corrected chi connectivity index (χ3v) is 8.81. The van der Waals surface area contributed by atoms with Gasteiger partial charge in [-0.1, -0.05) is 159 Å². The molecule has 0 aromatic carbocycles. The van der Waals surface area contributed by atoms with E-state index >= 15 is 0 Å². The second kappa shape index (κ2) is 35.8. The van der Waals surface area contributed by atoms with E-state index in [1.165, 1.54) is 57.8 Å². The van der Waals surface area contributed by atoms with Crippen molar-refractivity contribution in [3.05, 3.63) is 48.6 Å². The molecule has 0 aromatic heterocycles. The molecule has 10 heteroatoms. The molecule has 3 N–H and O–H groups in total. The lowest BCUT2D eigenvalue weighted by atomic mass is 10.0. The van der Waals surface area contributed by atoms with Gasteiger partial charge in [-0.05, 0) is 32.1 Å². The van der Waals surface area contributed by atoms with Gasteiger partial charge in [0.2, 0.25) is 0 Å². The van der Waals surface area contributed by atoms with Crippen LogP contribution in [0.15, 0.2) is 48.6 Å². The summed E-state index contributed by atoms with van der Waals surface area (Å²) in [6, 6.07) is 0. The van der Waals surface area contributed by atoms with Crippen molar-refractivity contribution >= 4 is 19.8 Å². The van der Waals surface area contributed by atoms with Gasteiger partial charge < -0.3 is 20.1 Å². The Labute approximate surface area is 298 Å². The van der Waals surface area contributed by atoms with E-state index in [2.05, 4.69) is 32.1 Å². The molecule has 0 rings (SSSR count). The zero-order valence-electron chi connectivity index (χ0n) is 30.9. The minimum atomic E-state index is -4.38. The molecule has 284 valence electrons. The highest BCUT2D eigenvalue weighted by molar-refractivity contribution is 7.47. The fourth-order valence-electron chi connectivity index (χ4n) is 5.00. The molecule has 0 heterocycles. The number of allylic oxidation sites excluding steroid dienone is 8. The highest BCUT2D eigenvalue weighted by Gasteiger charge is 2.25. The minimum Gasteiger partial charge on any atom is -0.462 e. The van der Waals surface area contributed by atoms with Crippen molar-refractivity contribution < 1.29 is 37.6 Å². The number of nitrogens with two attached hydrogens (primary N) is 1. The molecule has 0 spiro atoms. The van der Waals surface area contributed by atoms with Crippen LogP contribution in [-0.2, 0) is 32.7 Å². The highest BCUT2D eigenvalue weighted by atomic mass is 31.2. The normalized spacial score (nSPS) is 14.0. The molecular formula is C39H70NO8P. The number of unbranched alkanes of at least 4 members (excludes halogenated alkanes) is 17. The zero-order chi connectivity index (χ0) is 36.1. The molecule has 0 aliphatic rings. The first kappa shape index (κ1) is 47.0. The summed E-state index contributed by atoms with van der Waals surface area (Å²) < 4.78 is 32.6. The van der Waals surface area contributed by atoms with E-state index in [-0.39, 0.29) is 32.6 Å². The first-order valence-corrected chi connectivity index (χ1v) is 20.7. The van der Waals surface area contributed by atoms with Crippen LogP contribution in [0.3, 0.4) is 0 Å². The summed E-state index contributed by atoms with van der Waals surface area (Å²) in [4.78, 5) is 34.7. The van der Waals surface area contributed by atoms with Crippen LogP contribution in [0, 0.1) is 0 Å². The fourth-order valence-corrected chi connectivity index (χ4v) is 5.76. The van der Waals surface area contributed by atoms with Crippen molar-refractivity contribution in [3.63, 3.8) is 0 Å². The van der Waals surface area contributed by atoms with Gasteiger partial charge in [0.1, 0.15) is 6.61 Å². The van der Waals surface area contributed by atoms with Gasteiger partial charge >= 0.3 is 19.8 Å². The van der Waals surface area contributed by atoms with Crippen molar-refractivity contribution in [2.75, 3.05) is 26.4 Å². The van der Waals surface area contributed by atoms with E-state index < -0.39 is 32.5 Å². The van der Waals surface area contributed by atoms with Gasteiger partial charge in [0.15, 0.2) is 6.10 Å². The maximum absolute atomic E-state index is 12.5. The summed E-state index contributed by atoms with van der Waals surface area (Å²) in [5.74, 6) is -0.857. The quantitative estimate of drug-likeness (QED) is 0.0285. The lowest BCUT2D eigenvalue weighted by Gasteiger charge is -2.19. The maximum atomic E-state index is 12.5. The molecule has 0 amide bonds. The Hall–Kier alpha value is -2.03. The van der Waals surface area contributed by atoms with Crippen molar-refractivity contribution in [2.45, 2.75) is 161 Å². The molecule has 1 unspecified atom stereocenters. The predicted octanol–water partition coefficient (Wildman–Crippen LogP) is 10.4. The molecule has 0 aliphatic carbocycles. The number of phosphoric acid groups is 1. The number of ether oxygens (including phenoxy) is 2. The summed E-state index contributed by atoms with van der Waals surface area (Å²) in [7, 11) is -4.38. The number of esters is 2. The zero-order valence-corrected chi connectivity index (χ0v) is 31.8. The van der Waals surface area contributed by atoms with E-state index in [0.29, 0.717) is 12.8 Å². The van der Waals surface area contributed by atoms with E-state index in [4.69, 9.17) is 24.3 Å². The Morgan fingerprint density at radius 1 is 0.633 bits per heavy atom. The number of hydrogen-bond donors (Lipinski definition) is 2. The molecule has 0 aliphatic heterocycles. The molecule has 0 saturated carbocycles. The average molecular weight is 712 g/mol. The Balaban J connectivity index is 4.26. The van der Waals surface area contributed by atoms with Crippen LogP contribution in [0.1, 0.15) is 155 Å². The van der Waals surface area contributed by atoms with Crippen molar-refractivity contribution in [1.29, 1.82) is 0 Å². The third-order valence-electron chi connectivity index (χ3n) is 7.82. The second-order valence-corrected chi connectivity index (χ2v) is 14.0. The lowest BCUT2D eigenvalue weighted by molar-refractivity contribution is -0.161. The lowest BCUT2D eigenvalue weighted by Crippen LogP contribution is -2.29. The largest absolute Gasteiger partial charge is 0.472 e. The number of rotatable bonds is 35. The number of hydrogen-bond acceptors (Lipinski definition) is 8. The smallest absolute Gasteiger partial charge is 0.462 e. The van der Waals surface area contributed by atoms with E-state index in [0.717, 1.165) is 57.8 Å². The number of phosphoric ester groups is 1. The van der Waals surface area contributed by atoms with Crippen LogP contribution < -0.4 is 5.73 Å². The molecule has 0 saturated heterocycles. The number of carbonyl (C=O) groups is 2. The summed E-state index contributed by atoms with van der Waals surface area (Å²) in [6.07, 6.45) is 38.5. The topological polar surface area (TPSA) is 134 Å². The first-order valence-electron chi connectivity index (χ1n) is 19.2. The van der Waals surface area contributed by atoms with Gasteiger partial charge in [-0.3, -0.25) is 18.6 Å². The standard InChI is InChI=1S/C39H70NO8P/c1-3-5-7-9-11-13-15-17-18-20-21-23-25-27-29-31-38(41)45-35-37(36-47-49(43,44)46-34-33-40)48-39(42)32-30-28-26-24-22-19-16-14-12-10-8-6-4-2/h5,7,9,11,13,15,17-18,37H,3-4,6,8,10,12,14,16,19-36,40H2,1-2H3,(H,43,44)/b7-5+,11-9+,15-13+,18-17+/t37-/m1/s1. The number of carbonyl (C=O) groups excluding carboxylic acids is 2. The van der Waals surface area contributed by atoms with Crippen molar-refractivity contribution in [2.24, 2.45) is 5.73 Å². The Morgan fingerprint density at radius 3 is 1.67 bits per heavy atom. The molecule has 0 fully saturated rings. The van der Waals surface area contributed by atoms with Crippen molar-refractivity contribution in [1.82, 2.24) is 0 Å². The van der Waals surface area contributed by atoms with Crippen LogP contribution in [0.25, 0.3) is 0 Å². The maximum Gasteiger partial charge on any atom is 0.472 e. The van der Waals surface area contributed by atoms with Crippen LogP contribution in [-0.4, -0.2) is 49.3 Å². The van der Waals surface area contributed by atoms with E-state index in [1.807, 2.05) is 30.4 Å². The first-order chi connectivity index (χ1) is 23.8. The van der Waals surface area contributed by atoms with Crippen LogP contribution in [0.5, 0.6) is 0 Å². The Kier molecular flexibility index (Phi) is 34.3. The fraction of sp³-hybridized carbons (Fsp3) is 0.744. The van der Waals surface area contributed by atoms with Crippen LogP contribution in [0.4, 0.5) is 0 Å². The molecule has 9 nitrogen and oxygen atoms in total. The van der Waals surface area contributed by atoms with Crippen LogP contribution in [0.2, 0.25) is 0 Å². The highest BCUT2D eigenvalue weighted by Crippen LogP contribution is 2.43. The van der Waals surface area contributed by atoms with Crippen molar-refractivity contribution in [3.8, 4) is 0 Å². The van der Waals surface area contributed by atoms with E-state index in [9.17, 15) is 19.0 Å².